The maximum Gasteiger partial charge on any atom is 0.214 e. The summed E-state index contributed by atoms with van der Waals surface area (Å²) in [6.07, 6.45) is 0.439. The lowest BCUT2D eigenvalue weighted by Crippen LogP contribution is -2.25. The highest BCUT2D eigenvalue weighted by atomic mass is 32.2. The number of aliphatic hydroxyl groups is 1. The fraction of sp³-hybridized carbons (Fsp3) is 0.538. The van der Waals surface area contributed by atoms with Crippen LogP contribution in [0.2, 0.25) is 0 Å². The van der Waals surface area contributed by atoms with Crippen LogP contribution in [0.1, 0.15) is 23.8 Å². The molecule has 0 radical (unpaired) electrons. The van der Waals surface area contributed by atoms with Crippen LogP contribution in [0.3, 0.4) is 0 Å². The first-order valence-electron chi connectivity index (χ1n) is 6.17. The summed E-state index contributed by atoms with van der Waals surface area (Å²) in [5.41, 5.74) is 0.869. The van der Waals surface area contributed by atoms with Gasteiger partial charge in [0.15, 0.2) is 0 Å². The van der Waals surface area contributed by atoms with Crippen molar-refractivity contribution >= 4 is 21.4 Å². The highest BCUT2D eigenvalue weighted by molar-refractivity contribution is 7.89. The van der Waals surface area contributed by atoms with E-state index in [1.165, 1.54) is 11.3 Å². The maximum atomic E-state index is 11.9. The van der Waals surface area contributed by atoms with Crippen molar-refractivity contribution in [3.05, 3.63) is 21.9 Å². The second kappa shape index (κ2) is 6.06. The van der Waals surface area contributed by atoms with Crippen LogP contribution in [0.15, 0.2) is 11.4 Å². The van der Waals surface area contributed by atoms with Gasteiger partial charge in [0.1, 0.15) is 0 Å². The molecular formula is C13H17NO3S2. The van der Waals surface area contributed by atoms with Gasteiger partial charge in [0, 0.05) is 30.0 Å². The summed E-state index contributed by atoms with van der Waals surface area (Å²) in [4.78, 5) is 0.975. The standard InChI is InChI=1S/C13H17NO3S2/c1-11-8-14(19(16,17)10-11)9-13-12(5-7-18-13)4-2-3-6-15/h5,7,11,15H,3,6,8-10H2,1H3. The first-order chi connectivity index (χ1) is 9.03. The summed E-state index contributed by atoms with van der Waals surface area (Å²) in [5.74, 6) is 6.29. The van der Waals surface area contributed by atoms with Gasteiger partial charge in [-0.3, -0.25) is 0 Å². The molecular weight excluding hydrogens is 282 g/mol. The predicted octanol–water partition coefficient (Wildman–Crippen LogP) is 1.26. The van der Waals surface area contributed by atoms with Crippen molar-refractivity contribution in [1.82, 2.24) is 4.31 Å². The minimum absolute atomic E-state index is 0.0461. The molecule has 104 valence electrons. The normalized spacial score (nSPS) is 22.1. The molecule has 1 aliphatic heterocycles. The van der Waals surface area contributed by atoms with Crippen molar-refractivity contribution in [2.75, 3.05) is 18.9 Å². The molecule has 0 spiro atoms. The first-order valence-corrected chi connectivity index (χ1v) is 8.65. The Morgan fingerprint density at radius 2 is 2.37 bits per heavy atom. The molecule has 1 unspecified atom stereocenters. The van der Waals surface area contributed by atoms with E-state index in [4.69, 9.17) is 5.11 Å². The molecule has 0 saturated carbocycles. The van der Waals surface area contributed by atoms with E-state index in [0.29, 0.717) is 19.5 Å². The van der Waals surface area contributed by atoms with Gasteiger partial charge in [-0.15, -0.1) is 11.3 Å². The third-order valence-electron chi connectivity index (χ3n) is 2.93. The fourth-order valence-corrected chi connectivity index (χ4v) is 4.86. The largest absolute Gasteiger partial charge is 0.395 e. The zero-order valence-corrected chi connectivity index (χ0v) is 12.4. The van der Waals surface area contributed by atoms with Gasteiger partial charge in [-0.05, 0) is 17.4 Å². The second-order valence-corrected chi connectivity index (χ2v) is 7.72. The number of thiophene rings is 1. The summed E-state index contributed by atoms with van der Waals surface area (Å²) < 4.78 is 25.4. The van der Waals surface area contributed by atoms with Gasteiger partial charge < -0.3 is 5.11 Å². The fourth-order valence-electron chi connectivity index (χ4n) is 2.09. The summed E-state index contributed by atoms with van der Waals surface area (Å²) in [5, 5.41) is 10.6. The number of nitrogens with zero attached hydrogens (tertiary/aromatic N) is 1. The summed E-state index contributed by atoms with van der Waals surface area (Å²) >= 11 is 1.53. The lowest BCUT2D eigenvalue weighted by molar-refractivity contribution is 0.305. The van der Waals surface area contributed by atoms with E-state index in [0.717, 1.165) is 10.4 Å². The predicted molar refractivity (Wildman–Crippen MR) is 76.3 cm³/mol. The highest BCUT2D eigenvalue weighted by Crippen LogP contribution is 2.25. The van der Waals surface area contributed by atoms with E-state index < -0.39 is 10.0 Å². The van der Waals surface area contributed by atoms with Gasteiger partial charge in [-0.1, -0.05) is 18.8 Å². The zero-order chi connectivity index (χ0) is 13.9. The third kappa shape index (κ3) is 3.57. The molecule has 4 nitrogen and oxygen atoms in total. The number of sulfonamides is 1. The Balaban J connectivity index is 2.13. The molecule has 2 rings (SSSR count). The Bertz CT molecular complexity index is 595. The molecule has 6 heteroatoms. The van der Waals surface area contributed by atoms with Crippen LogP contribution in [0, 0.1) is 17.8 Å². The van der Waals surface area contributed by atoms with Crippen LogP contribution >= 0.6 is 11.3 Å². The van der Waals surface area contributed by atoms with Crippen LogP contribution in [-0.2, 0) is 16.6 Å². The van der Waals surface area contributed by atoms with E-state index in [1.807, 2.05) is 18.4 Å². The lowest BCUT2D eigenvalue weighted by atomic mass is 10.2. The van der Waals surface area contributed by atoms with Gasteiger partial charge >= 0.3 is 0 Å². The van der Waals surface area contributed by atoms with Crippen LogP contribution in [0.5, 0.6) is 0 Å². The minimum Gasteiger partial charge on any atom is -0.395 e. The SMILES string of the molecule is CC1CN(Cc2sccc2C#CCCO)S(=O)(=O)C1. The van der Waals surface area contributed by atoms with E-state index >= 15 is 0 Å². The topological polar surface area (TPSA) is 57.6 Å². The molecule has 1 aliphatic rings. The Kier molecular flexibility index (Phi) is 4.63. The van der Waals surface area contributed by atoms with Crippen molar-refractivity contribution < 1.29 is 13.5 Å². The second-order valence-electron chi connectivity index (χ2n) is 4.71. The Morgan fingerprint density at radius 3 is 3.00 bits per heavy atom. The molecule has 2 heterocycles. The third-order valence-corrected chi connectivity index (χ3v) is 5.89. The molecule has 0 bridgehead atoms. The lowest BCUT2D eigenvalue weighted by Gasteiger charge is -2.13. The molecule has 0 aliphatic carbocycles. The summed E-state index contributed by atoms with van der Waals surface area (Å²) in [7, 11) is -3.10. The zero-order valence-electron chi connectivity index (χ0n) is 10.8. The van der Waals surface area contributed by atoms with Gasteiger partial charge in [0.25, 0.3) is 0 Å². The summed E-state index contributed by atoms with van der Waals surface area (Å²) in [6.45, 7) is 3.00. The molecule has 1 fully saturated rings. The van der Waals surface area contributed by atoms with Gasteiger partial charge in [-0.2, -0.15) is 4.31 Å². The van der Waals surface area contributed by atoms with Gasteiger partial charge in [-0.25, -0.2) is 8.42 Å². The molecule has 0 amide bonds. The van der Waals surface area contributed by atoms with Crippen molar-refractivity contribution in [3.63, 3.8) is 0 Å². The van der Waals surface area contributed by atoms with Gasteiger partial charge in [0.2, 0.25) is 10.0 Å². The molecule has 19 heavy (non-hydrogen) atoms. The monoisotopic (exact) mass is 299 g/mol. The molecule has 1 atom stereocenters. The average Bonchev–Trinajstić information content (AvgIpc) is 2.85. The van der Waals surface area contributed by atoms with Crippen molar-refractivity contribution in [2.24, 2.45) is 5.92 Å². The number of hydrogen-bond donors (Lipinski definition) is 1. The van der Waals surface area contributed by atoms with E-state index in [1.54, 1.807) is 4.31 Å². The Morgan fingerprint density at radius 1 is 1.58 bits per heavy atom. The van der Waals surface area contributed by atoms with Crippen LogP contribution in [-0.4, -0.2) is 36.7 Å². The Hall–Kier alpha value is -0.870. The van der Waals surface area contributed by atoms with E-state index in [-0.39, 0.29) is 18.3 Å². The smallest absolute Gasteiger partial charge is 0.214 e. The molecule has 1 aromatic heterocycles. The van der Waals surface area contributed by atoms with Crippen LogP contribution in [0.25, 0.3) is 0 Å². The van der Waals surface area contributed by atoms with Crippen LogP contribution < -0.4 is 0 Å². The van der Waals surface area contributed by atoms with Crippen molar-refractivity contribution in [3.8, 4) is 11.8 Å². The number of rotatable bonds is 3. The maximum absolute atomic E-state index is 11.9. The van der Waals surface area contributed by atoms with Crippen molar-refractivity contribution in [1.29, 1.82) is 0 Å². The van der Waals surface area contributed by atoms with Crippen LogP contribution in [0.4, 0.5) is 0 Å². The van der Waals surface area contributed by atoms with E-state index in [9.17, 15) is 8.42 Å². The molecule has 0 aromatic carbocycles. The molecule has 1 N–H and O–H groups in total. The number of hydrogen-bond acceptors (Lipinski definition) is 4. The summed E-state index contributed by atoms with van der Waals surface area (Å²) in [6, 6.07) is 1.90. The highest BCUT2D eigenvalue weighted by Gasteiger charge is 2.33. The minimum atomic E-state index is -3.10. The average molecular weight is 299 g/mol. The Labute approximate surface area is 118 Å². The quantitative estimate of drug-likeness (QED) is 0.855. The molecule has 1 saturated heterocycles. The number of aliphatic hydroxyl groups excluding tert-OH is 1. The molecule has 1 aromatic rings. The van der Waals surface area contributed by atoms with Crippen molar-refractivity contribution in [2.45, 2.75) is 19.9 Å². The van der Waals surface area contributed by atoms with E-state index in [2.05, 4.69) is 11.8 Å². The first kappa shape index (κ1) is 14.5. The van der Waals surface area contributed by atoms with Gasteiger partial charge in [0.05, 0.1) is 12.4 Å².